The summed E-state index contributed by atoms with van der Waals surface area (Å²) in [5.41, 5.74) is 1.38. The van der Waals surface area contributed by atoms with E-state index in [0.717, 1.165) is 16.0 Å². The van der Waals surface area contributed by atoms with Gasteiger partial charge in [0.1, 0.15) is 0 Å². The van der Waals surface area contributed by atoms with Gasteiger partial charge in [0.05, 0.1) is 0 Å². The van der Waals surface area contributed by atoms with Crippen molar-refractivity contribution in [1.29, 1.82) is 0 Å². The second-order valence-corrected chi connectivity index (χ2v) is 6.90. The maximum atomic E-state index is 6.10. The molecule has 0 bridgehead atoms. The summed E-state index contributed by atoms with van der Waals surface area (Å²) in [6.45, 7) is 5.70. The molecule has 2 rings (SSSR count). The number of nitrogens with zero attached hydrogens (tertiary/aromatic N) is 1. The Balaban J connectivity index is 2.32. The van der Waals surface area contributed by atoms with Crippen LogP contribution in [0.25, 0.3) is 0 Å². The number of rotatable bonds is 5. The van der Waals surface area contributed by atoms with Gasteiger partial charge in [-0.3, -0.25) is 4.90 Å². The fourth-order valence-corrected chi connectivity index (χ4v) is 4.27. The van der Waals surface area contributed by atoms with E-state index >= 15 is 0 Å². The molecule has 1 aliphatic rings. The summed E-state index contributed by atoms with van der Waals surface area (Å²) in [6, 6.07) is 6.71. The van der Waals surface area contributed by atoms with Crippen molar-refractivity contribution >= 4 is 27.5 Å². The van der Waals surface area contributed by atoms with Crippen molar-refractivity contribution in [2.45, 2.75) is 32.2 Å². The molecule has 112 valence electrons. The predicted molar refractivity (Wildman–Crippen MR) is 90.4 cm³/mol. The number of nitrogens with one attached hydrogen (secondary N) is 1. The number of halogens is 2. The number of benzene rings is 1. The smallest absolute Gasteiger partial charge is 0.0417 e. The lowest BCUT2D eigenvalue weighted by Gasteiger charge is -2.42. The topological polar surface area (TPSA) is 15.3 Å². The van der Waals surface area contributed by atoms with Crippen molar-refractivity contribution in [2.24, 2.45) is 5.92 Å². The van der Waals surface area contributed by atoms with Gasteiger partial charge in [-0.25, -0.2) is 0 Å². The highest BCUT2D eigenvalue weighted by Gasteiger charge is 2.32. The van der Waals surface area contributed by atoms with Crippen LogP contribution in [-0.2, 0) is 0 Å². The standard InChI is InChI=1S/C16H24BrClN2/c1-3-8-20-9-4-5-12(11-19-2)16(20)14-7-6-13(18)10-15(14)17/h6-7,10,12,16,19H,3-5,8-9,11H2,1-2H3. The largest absolute Gasteiger partial charge is 0.319 e. The molecule has 1 saturated heterocycles. The first-order valence-electron chi connectivity index (χ1n) is 7.51. The molecule has 2 nitrogen and oxygen atoms in total. The van der Waals surface area contributed by atoms with Gasteiger partial charge in [0, 0.05) is 15.5 Å². The van der Waals surface area contributed by atoms with E-state index in [1.807, 2.05) is 19.2 Å². The summed E-state index contributed by atoms with van der Waals surface area (Å²) in [5, 5.41) is 4.16. The Bertz CT molecular complexity index is 420. The Hall–Kier alpha value is -0.0900. The van der Waals surface area contributed by atoms with Gasteiger partial charge in [0.2, 0.25) is 0 Å². The van der Waals surface area contributed by atoms with Gasteiger partial charge in [-0.15, -0.1) is 0 Å². The predicted octanol–water partition coefficient (Wildman–Crippen LogP) is 4.49. The SMILES string of the molecule is CCCN1CCCC(CNC)C1c1ccc(Cl)cc1Br. The summed E-state index contributed by atoms with van der Waals surface area (Å²) in [5.74, 6) is 0.665. The molecule has 0 saturated carbocycles. The third kappa shape index (κ3) is 3.76. The summed E-state index contributed by atoms with van der Waals surface area (Å²) in [7, 11) is 2.05. The molecule has 2 unspecified atom stereocenters. The van der Waals surface area contributed by atoms with Crippen LogP contribution in [0.4, 0.5) is 0 Å². The summed E-state index contributed by atoms with van der Waals surface area (Å²) < 4.78 is 1.14. The molecular formula is C16H24BrClN2. The first-order valence-corrected chi connectivity index (χ1v) is 8.68. The molecule has 20 heavy (non-hydrogen) atoms. The van der Waals surface area contributed by atoms with Crippen LogP contribution >= 0.6 is 27.5 Å². The van der Waals surface area contributed by atoms with Crippen molar-refractivity contribution in [2.75, 3.05) is 26.7 Å². The molecule has 2 atom stereocenters. The maximum Gasteiger partial charge on any atom is 0.0417 e. The Kier molecular flexibility index (Phi) is 6.34. The fraction of sp³-hybridized carbons (Fsp3) is 0.625. The number of piperidine rings is 1. The minimum absolute atomic E-state index is 0.489. The van der Waals surface area contributed by atoms with Crippen LogP contribution in [0.5, 0.6) is 0 Å². The first-order chi connectivity index (χ1) is 9.67. The van der Waals surface area contributed by atoms with Crippen molar-refractivity contribution in [1.82, 2.24) is 10.2 Å². The summed E-state index contributed by atoms with van der Waals surface area (Å²) in [6.07, 6.45) is 3.79. The average Bonchev–Trinajstić information content (AvgIpc) is 2.41. The van der Waals surface area contributed by atoms with Gasteiger partial charge in [-0.2, -0.15) is 0 Å². The fourth-order valence-electron chi connectivity index (χ4n) is 3.36. The van der Waals surface area contributed by atoms with Crippen molar-refractivity contribution in [3.63, 3.8) is 0 Å². The van der Waals surface area contributed by atoms with Crippen LogP contribution in [0.3, 0.4) is 0 Å². The van der Waals surface area contributed by atoms with Gasteiger partial charge in [-0.05, 0) is 69.6 Å². The van der Waals surface area contributed by atoms with Crippen LogP contribution in [-0.4, -0.2) is 31.6 Å². The molecule has 1 N–H and O–H groups in total. The van der Waals surface area contributed by atoms with Gasteiger partial charge >= 0.3 is 0 Å². The first kappa shape index (κ1) is 16.3. The van der Waals surface area contributed by atoms with Crippen LogP contribution in [0.1, 0.15) is 37.8 Å². The third-order valence-corrected chi connectivity index (χ3v) is 5.04. The van der Waals surface area contributed by atoms with Crippen molar-refractivity contribution < 1.29 is 0 Å². The van der Waals surface area contributed by atoms with Crippen molar-refractivity contribution in [3.05, 3.63) is 33.3 Å². The van der Waals surface area contributed by atoms with E-state index in [4.69, 9.17) is 11.6 Å². The summed E-state index contributed by atoms with van der Waals surface area (Å²) >= 11 is 9.80. The lowest BCUT2D eigenvalue weighted by molar-refractivity contribution is 0.0919. The molecule has 4 heteroatoms. The lowest BCUT2D eigenvalue weighted by atomic mass is 9.84. The van der Waals surface area contributed by atoms with Gasteiger partial charge in [0.25, 0.3) is 0 Å². The van der Waals surface area contributed by atoms with Gasteiger partial charge < -0.3 is 5.32 Å². The average molecular weight is 360 g/mol. The van der Waals surface area contributed by atoms with E-state index < -0.39 is 0 Å². The molecule has 1 heterocycles. The molecule has 0 spiro atoms. The zero-order valence-electron chi connectivity index (χ0n) is 12.3. The molecule has 0 amide bonds. The van der Waals surface area contributed by atoms with E-state index in [1.54, 1.807) is 0 Å². The number of likely N-dealkylation sites (tertiary alicyclic amines) is 1. The van der Waals surface area contributed by atoms with E-state index in [0.29, 0.717) is 12.0 Å². The van der Waals surface area contributed by atoms with E-state index in [-0.39, 0.29) is 0 Å². The van der Waals surface area contributed by atoms with Gasteiger partial charge in [-0.1, -0.05) is 40.5 Å². The molecule has 1 aromatic rings. The minimum atomic E-state index is 0.489. The number of hydrogen-bond acceptors (Lipinski definition) is 2. The quantitative estimate of drug-likeness (QED) is 0.833. The highest BCUT2D eigenvalue weighted by atomic mass is 79.9. The molecular weight excluding hydrogens is 336 g/mol. The second kappa shape index (κ2) is 7.79. The van der Waals surface area contributed by atoms with E-state index in [1.165, 1.54) is 37.9 Å². The van der Waals surface area contributed by atoms with Gasteiger partial charge in [0.15, 0.2) is 0 Å². The highest BCUT2D eigenvalue weighted by Crippen LogP contribution is 2.39. The minimum Gasteiger partial charge on any atom is -0.319 e. The zero-order chi connectivity index (χ0) is 14.5. The Morgan fingerprint density at radius 1 is 1.45 bits per heavy atom. The van der Waals surface area contributed by atoms with Crippen LogP contribution in [0.2, 0.25) is 5.02 Å². The third-order valence-electron chi connectivity index (χ3n) is 4.12. The van der Waals surface area contributed by atoms with E-state index in [9.17, 15) is 0 Å². The Labute approximate surface area is 136 Å². The molecule has 1 aliphatic heterocycles. The highest BCUT2D eigenvalue weighted by molar-refractivity contribution is 9.10. The molecule has 0 aromatic heterocycles. The molecule has 0 aliphatic carbocycles. The second-order valence-electron chi connectivity index (χ2n) is 5.61. The summed E-state index contributed by atoms with van der Waals surface area (Å²) in [4.78, 5) is 2.64. The maximum absolute atomic E-state index is 6.10. The zero-order valence-corrected chi connectivity index (χ0v) is 14.7. The molecule has 1 aromatic carbocycles. The monoisotopic (exact) mass is 358 g/mol. The van der Waals surface area contributed by atoms with Crippen LogP contribution < -0.4 is 5.32 Å². The van der Waals surface area contributed by atoms with E-state index in [2.05, 4.69) is 39.1 Å². The number of hydrogen-bond donors (Lipinski definition) is 1. The Morgan fingerprint density at radius 2 is 2.25 bits per heavy atom. The Morgan fingerprint density at radius 3 is 2.90 bits per heavy atom. The van der Waals surface area contributed by atoms with Crippen LogP contribution in [0, 0.1) is 5.92 Å². The van der Waals surface area contributed by atoms with Crippen molar-refractivity contribution in [3.8, 4) is 0 Å². The lowest BCUT2D eigenvalue weighted by Crippen LogP contribution is -2.42. The molecule has 0 radical (unpaired) electrons. The normalized spacial score (nSPS) is 24.0. The van der Waals surface area contributed by atoms with Crippen LogP contribution in [0.15, 0.2) is 22.7 Å². The molecule has 1 fully saturated rings.